The molecular weight excluding hydrogens is 308 g/mol. The number of nitrogens with one attached hydrogen (secondary N) is 3. The zero-order chi connectivity index (χ0) is 16.2. The van der Waals surface area contributed by atoms with Crippen molar-refractivity contribution in [2.24, 2.45) is 0 Å². The number of rotatable bonds is 4. The first kappa shape index (κ1) is 15.8. The molecule has 1 saturated carbocycles. The van der Waals surface area contributed by atoms with E-state index in [1.54, 1.807) is 0 Å². The summed E-state index contributed by atoms with van der Waals surface area (Å²) in [7, 11) is 0. The van der Waals surface area contributed by atoms with E-state index in [-0.39, 0.29) is 11.7 Å². The van der Waals surface area contributed by atoms with Crippen LogP contribution in [0, 0.1) is 12.3 Å². The van der Waals surface area contributed by atoms with E-state index in [9.17, 15) is 5.11 Å². The minimum absolute atomic E-state index is 0.0848. The third-order valence-corrected chi connectivity index (χ3v) is 4.91. The number of aromatic hydroxyl groups is 1. The Balaban J connectivity index is 1.76. The summed E-state index contributed by atoms with van der Waals surface area (Å²) in [5, 5.41) is 25.6. The van der Waals surface area contributed by atoms with E-state index in [4.69, 9.17) is 5.41 Å². The summed E-state index contributed by atoms with van der Waals surface area (Å²) < 4.78 is 4.00. The molecule has 1 heterocycles. The molecule has 1 aliphatic carbocycles. The first-order chi connectivity index (χ1) is 11.1. The van der Waals surface area contributed by atoms with E-state index in [2.05, 4.69) is 15.0 Å². The highest BCUT2D eigenvalue weighted by Gasteiger charge is 2.21. The van der Waals surface area contributed by atoms with Crippen molar-refractivity contribution in [1.82, 2.24) is 9.69 Å². The van der Waals surface area contributed by atoms with Crippen LogP contribution >= 0.6 is 11.5 Å². The summed E-state index contributed by atoms with van der Waals surface area (Å²) in [4.78, 5) is 0. The van der Waals surface area contributed by atoms with Crippen molar-refractivity contribution in [2.45, 2.75) is 45.1 Å². The number of hydrogen-bond acceptors (Lipinski definition) is 5. The zero-order valence-electron chi connectivity index (χ0n) is 13.2. The van der Waals surface area contributed by atoms with Crippen molar-refractivity contribution >= 4 is 28.1 Å². The highest BCUT2D eigenvalue weighted by Crippen LogP contribution is 2.32. The third kappa shape index (κ3) is 3.82. The molecule has 6 heteroatoms. The third-order valence-electron chi connectivity index (χ3n) is 4.15. The van der Waals surface area contributed by atoms with E-state index in [1.165, 1.54) is 30.8 Å². The minimum Gasteiger partial charge on any atom is -0.492 e. The Morgan fingerprint density at radius 1 is 1.30 bits per heavy atom. The van der Waals surface area contributed by atoms with Gasteiger partial charge in [0.15, 0.2) is 0 Å². The average molecular weight is 330 g/mol. The fraction of sp³-hybridized carbons (Fsp3) is 0.412. The van der Waals surface area contributed by atoms with Gasteiger partial charge in [-0.1, -0.05) is 31.4 Å². The number of aromatic nitrogens is 1. The molecule has 0 saturated heterocycles. The Kier molecular flexibility index (Phi) is 4.81. The fourth-order valence-corrected chi connectivity index (χ4v) is 3.69. The summed E-state index contributed by atoms with van der Waals surface area (Å²) in [6.45, 7) is 2.03. The van der Waals surface area contributed by atoms with E-state index in [1.807, 2.05) is 31.2 Å². The van der Waals surface area contributed by atoms with Gasteiger partial charge in [-0.2, -0.15) is 4.37 Å². The predicted molar refractivity (Wildman–Crippen MR) is 95.1 cm³/mol. The van der Waals surface area contributed by atoms with Crippen LogP contribution < -0.4 is 10.6 Å². The first-order valence-corrected chi connectivity index (χ1v) is 8.78. The van der Waals surface area contributed by atoms with Gasteiger partial charge in [0, 0.05) is 11.7 Å². The maximum absolute atomic E-state index is 10.0. The Bertz CT molecular complexity index is 692. The molecule has 1 aliphatic rings. The second kappa shape index (κ2) is 7.00. The van der Waals surface area contributed by atoms with Gasteiger partial charge in [0.2, 0.25) is 5.88 Å². The summed E-state index contributed by atoms with van der Waals surface area (Å²) in [5.41, 5.74) is 2.54. The summed E-state index contributed by atoms with van der Waals surface area (Å²) in [5.74, 6) is 0.164. The molecule has 5 nitrogen and oxygen atoms in total. The molecule has 0 unspecified atom stereocenters. The van der Waals surface area contributed by atoms with Crippen LogP contribution in [0.3, 0.4) is 0 Å². The maximum Gasteiger partial charge on any atom is 0.236 e. The van der Waals surface area contributed by atoms with Gasteiger partial charge >= 0.3 is 0 Å². The van der Waals surface area contributed by atoms with Crippen molar-refractivity contribution in [1.29, 1.82) is 5.41 Å². The van der Waals surface area contributed by atoms with Crippen LogP contribution in [0.2, 0.25) is 0 Å². The van der Waals surface area contributed by atoms with Crippen molar-refractivity contribution in [3.8, 4) is 5.88 Å². The van der Waals surface area contributed by atoms with Crippen molar-refractivity contribution in [3.05, 3.63) is 35.4 Å². The van der Waals surface area contributed by atoms with Crippen LogP contribution in [0.25, 0.3) is 0 Å². The molecule has 0 atom stereocenters. The predicted octanol–water partition coefficient (Wildman–Crippen LogP) is 4.15. The molecule has 1 aromatic carbocycles. The molecule has 0 spiro atoms. The number of aryl methyl sites for hydroxylation is 1. The molecule has 3 rings (SSSR count). The van der Waals surface area contributed by atoms with Gasteiger partial charge in [0.1, 0.15) is 16.4 Å². The molecule has 0 aliphatic heterocycles. The molecule has 1 fully saturated rings. The van der Waals surface area contributed by atoms with E-state index >= 15 is 0 Å². The summed E-state index contributed by atoms with van der Waals surface area (Å²) >= 11 is 1.18. The molecule has 122 valence electrons. The molecular formula is C17H22N4OS. The molecule has 0 radical (unpaired) electrons. The number of amidine groups is 1. The summed E-state index contributed by atoms with van der Waals surface area (Å²) in [6, 6.07) is 8.32. The van der Waals surface area contributed by atoms with Gasteiger partial charge < -0.3 is 15.7 Å². The lowest BCUT2D eigenvalue weighted by molar-refractivity contribution is 0.412. The van der Waals surface area contributed by atoms with Crippen molar-refractivity contribution in [3.63, 3.8) is 0 Å². The number of nitrogens with zero attached hydrogens (tertiary/aromatic N) is 1. The van der Waals surface area contributed by atoms with Crippen LogP contribution in [0.15, 0.2) is 24.3 Å². The van der Waals surface area contributed by atoms with E-state index < -0.39 is 0 Å². The van der Waals surface area contributed by atoms with Crippen molar-refractivity contribution in [2.75, 3.05) is 5.32 Å². The van der Waals surface area contributed by atoms with Gasteiger partial charge in [-0.25, -0.2) is 0 Å². The second-order valence-electron chi connectivity index (χ2n) is 6.06. The number of anilines is 2. The Morgan fingerprint density at radius 3 is 2.83 bits per heavy atom. The van der Waals surface area contributed by atoms with Crippen LogP contribution in [0.1, 0.15) is 43.2 Å². The van der Waals surface area contributed by atoms with E-state index in [0.717, 1.165) is 24.1 Å². The molecule has 0 bridgehead atoms. The summed E-state index contributed by atoms with van der Waals surface area (Å²) in [6.07, 6.45) is 5.85. The molecule has 1 aromatic heterocycles. The van der Waals surface area contributed by atoms with Gasteiger partial charge in [-0.15, -0.1) is 0 Å². The van der Waals surface area contributed by atoms with Gasteiger partial charge in [0.25, 0.3) is 0 Å². The van der Waals surface area contributed by atoms with Crippen LogP contribution in [0.5, 0.6) is 5.88 Å². The van der Waals surface area contributed by atoms with Crippen LogP contribution in [-0.2, 0) is 0 Å². The second-order valence-corrected chi connectivity index (χ2v) is 6.83. The highest BCUT2D eigenvalue weighted by atomic mass is 32.1. The normalized spacial score (nSPS) is 15.3. The Labute approximate surface area is 140 Å². The first-order valence-electron chi connectivity index (χ1n) is 8.01. The largest absolute Gasteiger partial charge is 0.492 e. The molecule has 23 heavy (non-hydrogen) atoms. The SMILES string of the molecule is Cc1cccc(Nc2snc(O)c2C(=N)NC2CCCCC2)c1. The molecule has 2 aromatic rings. The number of hydrogen-bond donors (Lipinski definition) is 4. The Morgan fingerprint density at radius 2 is 2.09 bits per heavy atom. The topological polar surface area (TPSA) is 81.0 Å². The standard InChI is InChI=1S/C17H22N4OS/c1-11-6-5-9-13(10-11)20-17-14(16(22)21-23-17)15(18)19-12-7-3-2-4-8-12/h5-6,9-10,12,20H,2-4,7-8H2,1H3,(H2,18,19)(H,21,22). The van der Waals surface area contributed by atoms with Gasteiger partial charge in [-0.05, 0) is 49.0 Å². The lowest BCUT2D eigenvalue weighted by atomic mass is 9.95. The maximum atomic E-state index is 10.0. The fourth-order valence-electron chi connectivity index (χ4n) is 2.97. The zero-order valence-corrected chi connectivity index (χ0v) is 14.0. The molecule has 4 N–H and O–H groups in total. The van der Waals surface area contributed by atoms with E-state index in [0.29, 0.717) is 16.6 Å². The monoisotopic (exact) mass is 330 g/mol. The van der Waals surface area contributed by atoms with Crippen LogP contribution in [0.4, 0.5) is 10.7 Å². The number of benzene rings is 1. The minimum atomic E-state index is -0.0848. The Hall–Kier alpha value is -2.08. The smallest absolute Gasteiger partial charge is 0.236 e. The van der Waals surface area contributed by atoms with Crippen molar-refractivity contribution < 1.29 is 5.11 Å². The lowest BCUT2D eigenvalue weighted by Gasteiger charge is -2.24. The van der Waals surface area contributed by atoms with Gasteiger partial charge in [0.05, 0.1) is 0 Å². The highest BCUT2D eigenvalue weighted by molar-refractivity contribution is 7.11. The van der Waals surface area contributed by atoms with Crippen LogP contribution in [-0.4, -0.2) is 21.4 Å². The molecule has 0 amide bonds. The average Bonchev–Trinajstić information content (AvgIpc) is 2.89. The lowest BCUT2D eigenvalue weighted by Crippen LogP contribution is -2.36. The van der Waals surface area contributed by atoms with Gasteiger partial charge in [-0.3, -0.25) is 5.41 Å². The quantitative estimate of drug-likeness (QED) is 0.501.